The van der Waals surface area contributed by atoms with Crippen LogP contribution in [0.1, 0.15) is 12.0 Å². The fourth-order valence-corrected chi connectivity index (χ4v) is 2.46. The number of aliphatic carboxylic acids is 1. The van der Waals surface area contributed by atoms with E-state index < -0.39 is 35.8 Å². The standard InChI is InChI=1S/C13H11F4NO3/c14-9-3-1-8(2-4-9)12(11(20)21)5-6-18(7-12)10(19)13(15,16)17/h1-4H,5-7H2,(H,20,21). The lowest BCUT2D eigenvalue weighted by Crippen LogP contribution is -2.44. The molecule has 0 aliphatic carbocycles. The van der Waals surface area contributed by atoms with Crippen LogP contribution in [0.5, 0.6) is 0 Å². The van der Waals surface area contributed by atoms with Gasteiger partial charge in [-0.25, -0.2) is 4.39 Å². The fraction of sp³-hybridized carbons (Fsp3) is 0.385. The quantitative estimate of drug-likeness (QED) is 0.850. The number of carbonyl (C=O) groups is 2. The Hall–Kier alpha value is -2.12. The van der Waals surface area contributed by atoms with Gasteiger partial charge < -0.3 is 10.0 Å². The Kier molecular flexibility index (Phi) is 3.65. The molecule has 2 rings (SSSR count). The molecule has 1 saturated heterocycles. The molecule has 4 nitrogen and oxygen atoms in total. The van der Waals surface area contributed by atoms with Crippen LogP contribution < -0.4 is 0 Å². The molecule has 114 valence electrons. The van der Waals surface area contributed by atoms with Gasteiger partial charge in [0.15, 0.2) is 0 Å². The summed E-state index contributed by atoms with van der Waals surface area (Å²) < 4.78 is 50.2. The predicted octanol–water partition coefficient (Wildman–Crippen LogP) is 1.94. The molecule has 1 aromatic rings. The summed E-state index contributed by atoms with van der Waals surface area (Å²) in [7, 11) is 0. The molecule has 1 atom stereocenters. The van der Waals surface area contributed by atoms with Gasteiger partial charge in [-0.2, -0.15) is 13.2 Å². The highest BCUT2D eigenvalue weighted by Gasteiger charge is 2.52. The molecule has 1 aliphatic heterocycles. The van der Waals surface area contributed by atoms with Crippen LogP contribution in [0.15, 0.2) is 24.3 Å². The van der Waals surface area contributed by atoms with E-state index in [4.69, 9.17) is 0 Å². The Balaban J connectivity index is 2.33. The number of hydrogen-bond donors (Lipinski definition) is 1. The van der Waals surface area contributed by atoms with E-state index in [2.05, 4.69) is 0 Å². The van der Waals surface area contributed by atoms with Gasteiger partial charge in [0.1, 0.15) is 11.2 Å². The molecular weight excluding hydrogens is 294 g/mol. The maximum atomic E-state index is 12.9. The van der Waals surface area contributed by atoms with Crippen molar-refractivity contribution >= 4 is 11.9 Å². The second kappa shape index (κ2) is 5.01. The molecule has 8 heteroatoms. The fourth-order valence-electron chi connectivity index (χ4n) is 2.46. The van der Waals surface area contributed by atoms with Crippen molar-refractivity contribution in [1.29, 1.82) is 0 Å². The summed E-state index contributed by atoms with van der Waals surface area (Å²) in [6.45, 7) is -0.908. The van der Waals surface area contributed by atoms with Crippen LogP contribution >= 0.6 is 0 Å². The number of carboxylic acid groups (broad SMARTS) is 1. The van der Waals surface area contributed by atoms with Gasteiger partial charge in [0.2, 0.25) is 0 Å². The first-order chi connectivity index (χ1) is 9.67. The van der Waals surface area contributed by atoms with Crippen molar-refractivity contribution in [1.82, 2.24) is 4.90 Å². The molecule has 1 amide bonds. The van der Waals surface area contributed by atoms with Gasteiger partial charge in [-0.3, -0.25) is 9.59 Å². The summed E-state index contributed by atoms with van der Waals surface area (Å²) in [5, 5.41) is 9.38. The second-order valence-corrected chi connectivity index (χ2v) is 4.87. The van der Waals surface area contributed by atoms with Crippen molar-refractivity contribution < 1.29 is 32.3 Å². The van der Waals surface area contributed by atoms with Crippen molar-refractivity contribution in [3.05, 3.63) is 35.6 Å². The maximum Gasteiger partial charge on any atom is 0.471 e. The van der Waals surface area contributed by atoms with Crippen LogP contribution in [0, 0.1) is 5.82 Å². The van der Waals surface area contributed by atoms with Crippen LogP contribution in [0.3, 0.4) is 0 Å². The maximum absolute atomic E-state index is 12.9. The summed E-state index contributed by atoms with van der Waals surface area (Å²) in [6, 6.07) is 4.50. The summed E-state index contributed by atoms with van der Waals surface area (Å²) in [5.74, 6) is -3.99. The zero-order valence-electron chi connectivity index (χ0n) is 10.7. The first-order valence-corrected chi connectivity index (χ1v) is 6.02. The number of nitrogens with zero attached hydrogens (tertiary/aromatic N) is 1. The normalized spacial score (nSPS) is 22.4. The van der Waals surface area contributed by atoms with Gasteiger partial charge in [-0.1, -0.05) is 12.1 Å². The lowest BCUT2D eigenvalue weighted by atomic mass is 9.80. The van der Waals surface area contributed by atoms with Crippen LogP contribution in [0.2, 0.25) is 0 Å². The minimum Gasteiger partial charge on any atom is -0.481 e. The summed E-state index contributed by atoms with van der Waals surface area (Å²) in [4.78, 5) is 23.2. The summed E-state index contributed by atoms with van der Waals surface area (Å²) in [5.41, 5.74) is -1.47. The minimum absolute atomic E-state index is 0.157. The molecule has 0 bridgehead atoms. The summed E-state index contributed by atoms with van der Waals surface area (Å²) in [6.07, 6.45) is -5.20. The molecule has 0 radical (unpaired) electrons. The Morgan fingerprint density at radius 3 is 2.24 bits per heavy atom. The van der Waals surface area contributed by atoms with Gasteiger partial charge in [0.05, 0.1) is 0 Å². The molecule has 1 fully saturated rings. The van der Waals surface area contributed by atoms with E-state index in [0.29, 0.717) is 4.90 Å². The van der Waals surface area contributed by atoms with Crippen LogP contribution in [-0.4, -0.2) is 41.1 Å². The number of carbonyl (C=O) groups excluding carboxylic acids is 1. The minimum atomic E-state index is -5.04. The molecule has 0 aromatic heterocycles. The van der Waals surface area contributed by atoms with Crippen molar-refractivity contribution in [3.63, 3.8) is 0 Å². The van der Waals surface area contributed by atoms with E-state index in [1.54, 1.807) is 0 Å². The monoisotopic (exact) mass is 305 g/mol. The lowest BCUT2D eigenvalue weighted by Gasteiger charge is -2.25. The number of rotatable bonds is 2. The van der Waals surface area contributed by atoms with Crippen LogP contribution in [0.25, 0.3) is 0 Å². The third-order valence-corrected chi connectivity index (χ3v) is 3.61. The van der Waals surface area contributed by atoms with Crippen molar-refractivity contribution in [2.24, 2.45) is 0 Å². The number of halogens is 4. The average Bonchev–Trinajstić information content (AvgIpc) is 2.83. The number of amides is 1. The molecular formula is C13H11F4NO3. The van der Waals surface area contributed by atoms with Gasteiger partial charge in [-0.15, -0.1) is 0 Å². The largest absolute Gasteiger partial charge is 0.481 e. The second-order valence-electron chi connectivity index (χ2n) is 4.87. The average molecular weight is 305 g/mol. The molecule has 21 heavy (non-hydrogen) atoms. The highest BCUT2D eigenvalue weighted by atomic mass is 19.4. The molecule has 0 spiro atoms. The molecule has 1 aliphatic rings. The number of carboxylic acids is 1. The van der Waals surface area contributed by atoms with Crippen molar-refractivity contribution in [3.8, 4) is 0 Å². The topological polar surface area (TPSA) is 57.6 Å². The Morgan fingerprint density at radius 2 is 1.76 bits per heavy atom. The number of hydrogen-bond acceptors (Lipinski definition) is 2. The predicted molar refractivity (Wildman–Crippen MR) is 63.0 cm³/mol. The molecule has 0 saturated carbocycles. The zero-order valence-corrected chi connectivity index (χ0v) is 10.7. The smallest absolute Gasteiger partial charge is 0.471 e. The van der Waals surface area contributed by atoms with Gasteiger partial charge in [-0.05, 0) is 24.1 Å². The van der Waals surface area contributed by atoms with Crippen molar-refractivity contribution in [2.75, 3.05) is 13.1 Å². The Morgan fingerprint density at radius 1 is 1.19 bits per heavy atom. The van der Waals surface area contributed by atoms with Crippen LogP contribution in [-0.2, 0) is 15.0 Å². The van der Waals surface area contributed by atoms with E-state index in [-0.39, 0.29) is 18.5 Å². The van der Waals surface area contributed by atoms with Crippen molar-refractivity contribution in [2.45, 2.75) is 18.0 Å². The first-order valence-electron chi connectivity index (χ1n) is 6.02. The number of alkyl halides is 3. The molecule has 1 unspecified atom stereocenters. The zero-order chi connectivity index (χ0) is 15.8. The van der Waals surface area contributed by atoms with Crippen LogP contribution in [0.4, 0.5) is 17.6 Å². The third-order valence-electron chi connectivity index (χ3n) is 3.61. The van der Waals surface area contributed by atoms with E-state index in [9.17, 15) is 32.3 Å². The highest BCUT2D eigenvalue weighted by molar-refractivity contribution is 5.87. The number of benzene rings is 1. The van der Waals surface area contributed by atoms with E-state index in [0.717, 1.165) is 12.1 Å². The van der Waals surface area contributed by atoms with Gasteiger partial charge in [0.25, 0.3) is 0 Å². The van der Waals surface area contributed by atoms with E-state index in [1.807, 2.05) is 0 Å². The van der Waals surface area contributed by atoms with E-state index in [1.165, 1.54) is 12.1 Å². The van der Waals surface area contributed by atoms with Gasteiger partial charge >= 0.3 is 18.1 Å². The number of likely N-dealkylation sites (tertiary alicyclic amines) is 1. The highest BCUT2D eigenvalue weighted by Crippen LogP contribution is 2.36. The summed E-state index contributed by atoms with van der Waals surface area (Å²) >= 11 is 0. The lowest BCUT2D eigenvalue weighted by molar-refractivity contribution is -0.184. The Bertz CT molecular complexity index is 570. The molecule has 1 aromatic carbocycles. The SMILES string of the molecule is O=C(N1CCC(C(=O)O)(c2ccc(F)cc2)C1)C(F)(F)F. The molecule has 1 N–H and O–H groups in total. The van der Waals surface area contributed by atoms with Gasteiger partial charge in [0, 0.05) is 13.1 Å². The Labute approximate surface area is 117 Å². The third kappa shape index (κ3) is 2.70. The first kappa shape index (κ1) is 15.3. The molecule has 1 heterocycles. The van der Waals surface area contributed by atoms with E-state index >= 15 is 0 Å².